The highest BCUT2D eigenvalue weighted by Crippen LogP contribution is 2.39. The summed E-state index contributed by atoms with van der Waals surface area (Å²) in [6.07, 6.45) is 3.04. The predicted molar refractivity (Wildman–Crippen MR) is 96.7 cm³/mol. The lowest BCUT2D eigenvalue weighted by Gasteiger charge is -2.27. The van der Waals surface area contributed by atoms with E-state index in [0.717, 1.165) is 35.3 Å². The quantitative estimate of drug-likeness (QED) is 0.670. The molecule has 138 valence electrons. The third-order valence-corrected chi connectivity index (χ3v) is 5.38. The van der Waals surface area contributed by atoms with E-state index in [1.165, 1.54) is 18.2 Å². The van der Waals surface area contributed by atoms with Gasteiger partial charge in [-0.05, 0) is 48.9 Å². The summed E-state index contributed by atoms with van der Waals surface area (Å²) in [6.45, 7) is -0.477. The number of amides is 3. The molecule has 2 aromatic rings. The van der Waals surface area contributed by atoms with Crippen LogP contribution in [-0.2, 0) is 16.8 Å². The second kappa shape index (κ2) is 6.61. The number of benzene rings is 2. The average molecular weight is 366 g/mol. The summed E-state index contributed by atoms with van der Waals surface area (Å²) in [6, 6.07) is 12.5. The van der Waals surface area contributed by atoms with Crippen molar-refractivity contribution in [2.24, 2.45) is 0 Å². The Morgan fingerprint density at radius 1 is 1.07 bits per heavy atom. The lowest BCUT2D eigenvalue weighted by atomic mass is 9.84. The van der Waals surface area contributed by atoms with Crippen LogP contribution in [0.3, 0.4) is 0 Å². The SMILES string of the molecule is O=C(CN1C(=O)N[C@@]2(CCCCc3ccccc32)C1=O)c1ccccc1F. The zero-order valence-corrected chi connectivity index (χ0v) is 14.7. The van der Waals surface area contributed by atoms with E-state index >= 15 is 0 Å². The minimum Gasteiger partial charge on any atom is -0.319 e. The van der Waals surface area contributed by atoms with Gasteiger partial charge in [-0.15, -0.1) is 0 Å². The number of hydrogen-bond acceptors (Lipinski definition) is 3. The summed E-state index contributed by atoms with van der Waals surface area (Å²) in [7, 11) is 0. The van der Waals surface area contributed by atoms with Crippen molar-refractivity contribution < 1.29 is 18.8 Å². The van der Waals surface area contributed by atoms with Crippen LogP contribution in [0, 0.1) is 5.82 Å². The van der Waals surface area contributed by atoms with E-state index in [2.05, 4.69) is 5.32 Å². The van der Waals surface area contributed by atoms with Crippen LogP contribution in [0.25, 0.3) is 0 Å². The molecular weight excluding hydrogens is 347 g/mol. The Balaban J connectivity index is 1.67. The molecule has 2 aromatic carbocycles. The van der Waals surface area contributed by atoms with Gasteiger partial charge in [0.1, 0.15) is 11.4 Å². The predicted octanol–water partition coefficient (Wildman–Crippen LogP) is 3.18. The maximum atomic E-state index is 13.9. The molecule has 5 nitrogen and oxygen atoms in total. The van der Waals surface area contributed by atoms with Crippen molar-refractivity contribution in [3.63, 3.8) is 0 Å². The number of fused-ring (bicyclic) bond motifs is 2. The van der Waals surface area contributed by atoms with E-state index in [-0.39, 0.29) is 5.56 Å². The van der Waals surface area contributed by atoms with Gasteiger partial charge in [0.25, 0.3) is 5.91 Å². The van der Waals surface area contributed by atoms with Gasteiger partial charge in [-0.25, -0.2) is 9.18 Å². The molecule has 0 saturated carbocycles. The Bertz CT molecular complexity index is 943. The number of imide groups is 1. The van der Waals surface area contributed by atoms with Gasteiger partial charge < -0.3 is 5.32 Å². The lowest BCUT2D eigenvalue weighted by molar-refractivity contribution is -0.131. The van der Waals surface area contributed by atoms with Crippen LogP contribution in [0.4, 0.5) is 9.18 Å². The lowest BCUT2D eigenvalue weighted by Crippen LogP contribution is -2.44. The maximum absolute atomic E-state index is 13.9. The number of hydrogen-bond donors (Lipinski definition) is 1. The van der Waals surface area contributed by atoms with Gasteiger partial charge in [0, 0.05) is 0 Å². The maximum Gasteiger partial charge on any atom is 0.325 e. The largest absolute Gasteiger partial charge is 0.325 e. The minimum atomic E-state index is -1.14. The molecule has 3 amide bonds. The number of ketones is 1. The second-order valence-corrected chi connectivity index (χ2v) is 6.99. The molecule has 1 spiro atoms. The van der Waals surface area contributed by atoms with Crippen molar-refractivity contribution in [2.75, 3.05) is 6.54 Å². The molecule has 1 saturated heterocycles. The van der Waals surface area contributed by atoms with Crippen LogP contribution in [0.1, 0.15) is 40.7 Å². The molecule has 1 N–H and O–H groups in total. The van der Waals surface area contributed by atoms with Gasteiger partial charge in [-0.3, -0.25) is 14.5 Å². The van der Waals surface area contributed by atoms with Crippen LogP contribution >= 0.6 is 0 Å². The Hall–Kier alpha value is -3.02. The van der Waals surface area contributed by atoms with Crippen molar-refractivity contribution in [1.29, 1.82) is 0 Å². The molecule has 1 heterocycles. The highest BCUT2D eigenvalue weighted by molar-refractivity contribution is 6.11. The van der Waals surface area contributed by atoms with Gasteiger partial charge in [0.2, 0.25) is 0 Å². The summed E-state index contributed by atoms with van der Waals surface area (Å²) in [5, 5.41) is 2.83. The van der Waals surface area contributed by atoms with Gasteiger partial charge in [0.05, 0.1) is 12.1 Å². The first-order valence-electron chi connectivity index (χ1n) is 9.03. The fourth-order valence-electron chi connectivity index (χ4n) is 4.03. The van der Waals surface area contributed by atoms with Crippen molar-refractivity contribution in [2.45, 2.75) is 31.2 Å². The molecular formula is C21H19FN2O3. The van der Waals surface area contributed by atoms with Gasteiger partial charge in [0.15, 0.2) is 5.78 Å². The molecule has 4 rings (SSSR count). The van der Waals surface area contributed by atoms with E-state index in [1.807, 2.05) is 24.3 Å². The third-order valence-electron chi connectivity index (χ3n) is 5.38. The number of carbonyl (C=O) groups excluding carboxylic acids is 3. The first kappa shape index (κ1) is 17.4. The summed E-state index contributed by atoms with van der Waals surface area (Å²) < 4.78 is 13.9. The fourth-order valence-corrected chi connectivity index (χ4v) is 4.03. The van der Waals surface area contributed by atoms with Crippen LogP contribution in [0.5, 0.6) is 0 Å². The zero-order chi connectivity index (χ0) is 19.0. The Morgan fingerprint density at radius 2 is 1.81 bits per heavy atom. The van der Waals surface area contributed by atoms with Gasteiger partial charge in [-0.2, -0.15) is 0 Å². The molecule has 6 heteroatoms. The van der Waals surface area contributed by atoms with Crippen molar-refractivity contribution in [1.82, 2.24) is 10.2 Å². The van der Waals surface area contributed by atoms with E-state index in [9.17, 15) is 18.8 Å². The Kier molecular flexibility index (Phi) is 4.26. The molecule has 0 radical (unpaired) electrons. The Labute approximate surface area is 156 Å². The molecule has 0 bridgehead atoms. The number of carbonyl (C=O) groups is 3. The molecule has 0 aromatic heterocycles. The van der Waals surface area contributed by atoms with Crippen LogP contribution < -0.4 is 5.32 Å². The number of nitrogens with one attached hydrogen (secondary N) is 1. The standard InChI is InChI=1S/C21H19FN2O3/c22-17-11-4-2-9-15(17)18(25)13-24-19(26)21(23-20(24)27)12-6-5-8-14-7-1-3-10-16(14)21/h1-4,7,9-11H,5-6,8,12-13H2,(H,23,27)/t21-/m1/s1. The summed E-state index contributed by atoms with van der Waals surface area (Å²) in [5.74, 6) is -1.70. The first-order valence-corrected chi connectivity index (χ1v) is 9.03. The molecule has 2 aliphatic rings. The number of nitrogens with zero attached hydrogens (tertiary/aromatic N) is 1. The summed E-state index contributed by atoms with van der Waals surface area (Å²) >= 11 is 0. The van der Waals surface area contributed by atoms with E-state index < -0.39 is 35.6 Å². The van der Waals surface area contributed by atoms with Crippen molar-refractivity contribution >= 4 is 17.7 Å². The van der Waals surface area contributed by atoms with Crippen molar-refractivity contribution in [3.8, 4) is 0 Å². The highest BCUT2D eigenvalue weighted by atomic mass is 19.1. The fraction of sp³-hybridized carbons (Fsp3) is 0.286. The van der Waals surface area contributed by atoms with E-state index in [1.54, 1.807) is 6.07 Å². The molecule has 1 aliphatic heterocycles. The van der Waals surface area contributed by atoms with E-state index in [0.29, 0.717) is 6.42 Å². The highest BCUT2D eigenvalue weighted by Gasteiger charge is 2.53. The van der Waals surface area contributed by atoms with E-state index in [4.69, 9.17) is 0 Å². The van der Waals surface area contributed by atoms with Crippen LogP contribution in [0.2, 0.25) is 0 Å². The number of rotatable bonds is 3. The molecule has 1 atom stereocenters. The second-order valence-electron chi connectivity index (χ2n) is 6.99. The molecule has 1 aliphatic carbocycles. The van der Waals surface area contributed by atoms with Gasteiger partial charge >= 0.3 is 6.03 Å². The van der Waals surface area contributed by atoms with Crippen LogP contribution in [-0.4, -0.2) is 29.2 Å². The summed E-state index contributed by atoms with van der Waals surface area (Å²) in [5.41, 5.74) is 0.563. The number of Topliss-reactive ketones (excluding diaryl/α,β-unsaturated/α-hetero) is 1. The minimum absolute atomic E-state index is 0.125. The normalized spacial score (nSPS) is 21.7. The van der Waals surface area contributed by atoms with Gasteiger partial charge in [-0.1, -0.05) is 36.4 Å². The molecule has 1 fully saturated rings. The van der Waals surface area contributed by atoms with Crippen LogP contribution in [0.15, 0.2) is 48.5 Å². The Morgan fingerprint density at radius 3 is 2.63 bits per heavy atom. The third kappa shape index (κ3) is 2.81. The van der Waals surface area contributed by atoms with Crippen molar-refractivity contribution in [3.05, 3.63) is 71.0 Å². The number of halogens is 1. The summed E-state index contributed by atoms with van der Waals surface area (Å²) in [4.78, 5) is 39.2. The average Bonchev–Trinajstić information content (AvgIpc) is 2.81. The first-order chi connectivity index (χ1) is 13.0. The smallest absolute Gasteiger partial charge is 0.319 e. The number of aryl methyl sites for hydroxylation is 1. The molecule has 0 unspecified atom stereocenters. The topological polar surface area (TPSA) is 66.5 Å². The molecule has 27 heavy (non-hydrogen) atoms. The number of urea groups is 1. The monoisotopic (exact) mass is 366 g/mol. The zero-order valence-electron chi connectivity index (χ0n) is 14.7.